The number of hydrogen-bond acceptors (Lipinski definition) is 2. The van der Waals surface area contributed by atoms with Gasteiger partial charge in [0, 0.05) is 13.7 Å². The number of hydrogen-bond donors (Lipinski definition) is 1. The van der Waals surface area contributed by atoms with E-state index in [1.165, 1.54) is 25.7 Å². The van der Waals surface area contributed by atoms with Crippen molar-refractivity contribution in [2.45, 2.75) is 38.5 Å². The zero-order valence-electron chi connectivity index (χ0n) is 8.87. The lowest BCUT2D eigenvalue weighted by molar-refractivity contribution is -0.143. The fourth-order valence-electron chi connectivity index (χ4n) is 2.25. The standard InChI is InChI=1S/C11H20O3/c1-14-7-6-10(11(12)13)8-9-4-2-3-5-9/h9-10H,2-8H2,1H3,(H,12,13). The van der Waals surface area contributed by atoms with Crippen LogP contribution in [0.15, 0.2) is 0 Å². The summed E-state index contributed by atoms with van der Waals surface area (Å²) in [4.78, 5) is 10.9. The number of methoxy groups -OCH3 is 1. The van der Waals surface area contributed by atoms with Gasteiger partial charge in [-0.2, -0.15) is 0 Å². The highest BCUT2D eigenvalue weighted by Gasteiger charge is 2.24. The normalized spacial score (nSPS) is 19.8. The molecule has 0 saturated heterocycles. The van der Waals surface area contributed by atoms with E-state index < -0.39 is 5.97 Å². The second-order valence-corrected chi connectivity index (χ2v) is 4.20. The molecular formula is C11H20O3. The van der Waals surface area contributed by atoms with Crippen molar-refractivity contribution in [1.29, 1.82) is 0 Å². The van der Waals surface area contributed by atoms with Gasteiger partial charge in [-0.05, 0) is 18.8 Å². The second kappa shape index (κ2) is 6.02. The molecule has 0 radical (unpaired) electrons. The molecule has 3 nitrogen and oxygen atoms in total. The van der Waals surface area contributed by atoms with Gasteiger partial charge in [0.15, 0.2) is 0 Å². The van der Waals surface area contributed by atoms with Crippen LogP contribution in [0.3, 0.4) is 0 Å². The lowest BCUT2D eigenvalue weighted by Gasteiger charge is -2.15. The van der Waals surface area contributed by atoms with Gasteiger partial charge in [0.2, 0.25) is 0 Å². The molecule has 1 atom stereocenters. The first-order valence-electron chi connectivity index (χ1n) is 5.45. The molecule has 0 aliphatic heterocycles. The van der Waals surface area contributed by atoms with Crippen LogP contribution in [-0.4, -0.2) is 24.8 Å². The molecule has 0 aromatic carbocycles. The molecule has 1 fully saturated rings. The molecule has 1 aliphatic rings. The van der Waals surface area contributed by atoms with Gasteiger partial charge in [0.05, 0.1) is 5.92 Å². The number of carboxylic acids is 1. The topological polar surface area (TPSA) is 46.5 Å². The number of carbonyl (C=O) groups is 1. The van der Waals surface area contributed by atoms with Crippen molar-refractivity contribution in [3.8, 4) is 0 Å². The Balaban J connectivity index is 2.30. The van der Waals surface area contributed by atoms with Crippen LogP contribution >= 0.6 is 0 Å². The fraction of sp³-hybridized carbons (Fsp3) is 0.909. The minimum absolute atomic E-state index is 0.196. The first-order chi connectivity index (χ1) is 6.74. The Bertz CT molecular complexity index is 173. The van der Waals surface area contributed by atoms with Crippen LogP contribution in [0.25, 0.3) is 0 Å². The summed E-state index contributed by atoms with van der Waals surface area (Å²) in [7, 11) is 1.62. The van der Waals surface area contributed by atoms with Gasteiger partial charge < -0.3 is 9.84 Å². The van der Waals surface area contributed by atoms with Gasteiger partial charge in [0.25, 0.3) is 0 Å². The van der Waals surface area contributed by atoms with E-state index in [1.807, 2.05) is 0 Å². The van der Waals surface area contributed by atoms with E-state index >= 15 is 0 Å². The molecule has 1 unspecified atom stereocenters. The Morgan fingerprint density at radius 3 is 2.64 bits per heavy atom. The van der Waals surface area contributed by atoms with Crippen molar-refractivity contribution in [2.75, 3.05) is 13.7 Å². The van der Waals surface area contributed by atoms with Crippen LogP contribution < -0.4 is 0 Å². The Hall–Kier alpha value is -0.570. The summed E-state index contributed by atoms with van der Waals surface area (Å²) in [6, 6.07) is 0. The molecule has 1 saturated carbocycles. The van der Waals surface area contributed by atoms with Gasteiger partial charge in [-0.15, -0.1) is 0 Å². The third-order valence-electron chi connectivity index (χ3n) is 3.11. The van der Waals surface area contributed by atoms with Crippen LogP contribution in [0.4, 0.5) is 0 Å². The molecular weight excluding hydrogens is 180 g/mol. The van der Waals surface area contributed by atoms with Crippen molar-refractivity contribution in [3.63, 3.8) is 0 Å². The molecule has 1 N–H and O–H groups in total. The Labute approximate surface area is 85.5 Å². The van der Waals surface area contributed by atoms with Gasteiger partial charge >= 0.3 is 5.97 Å². The maximum atomic E-state index is 10.9. The van der Waals surface area contributed by atoms with E-state index in [9.17, 15) is 4.79 Å². The molecule has 1 rings (SSSR count). The van der Waals surface area contributed by atoms with E-state index in [-0.39, 0.29) is 5.92 Å². The molecule has 0 aromatic rings. The van der Waals surface area contributed by atoms with E-state index in [0.717, 1.165) is 6.42 Å². The summed E-state index contributed by atoms with van der Waals surface area (Å²) in [6.07, 6.45) is 6.50. The first-order valence-corrected chi connectivity index (χ1v) is 5.45. The van der Waals surface area contributed by atoms with E-state index in [0.29, 0.717) is 18.9 Å². The molecule has 14 heavy (non-hydrogen) atoms. The molecule has 1 aliphatic carbocycles. The maximum Gasteiger partial charge on any atom is 0.306 e. The monoisotopic (exact) mass is 200 g/mol. The third kappa shape index (κ3) is 3.66. The quantitative estimate of drug-likeness (QED) is 0.715. The number of rotatable bonds is 6. The minimum Gasteiger partial charge on any atom is -0.481 e. The van der Waals surface area contributed by atoms with Crippen molar-refractivity contribution in [1.82, 2.24) is 0 Å². The average molecular weight is 200 g/mol. The maximum absolute atomic E-state index is 10.9. The number of carboxylic acid groups (broad SMARTS) is 1. The predicted octanol–water partition coefficient (Wildman–Crippen LogP) is 2.30. The molecule has 0 spiro atoms. The van der Waals surface area contributed by atoms with E-state index in [1.54, 1.807) is 7.11 Å². The van der Waals surface area contributed by atoms with Gasteiger partial charge in [-0.3, -0.25) is 4.79 Å². The van der Waals surface area contributed by atoms with Gasteiger partial charge in [-0.1, -0.05) is 25.7 Å². The summed E-state index contributed by atoms with van der Waals surface area (Å²) >= 11 is 0. The molecule has 0 bridgehead atoms. The van der Waals surface area contributed by atoms with Crippen LogP contribution in [0.5, 0.6) is 0 Å². The van der Waals surface area contributed by atoms with Crippen LogP contribution in [0.2, 0.25) is 0 Å². The third-order valence-corrected chi connectivity index (χ3v) is 3.11. The molecule has 3 heteroatoms. The van der Waals surface area contributed by atoms with Crippen LogP contribution in [0.1, 0.15) is 38.5 Å². The molecule has 0 amide bonds. The SMILES string of the molecule is COCCC(CC1CCCC1)C(=O)O. The van der Waals surface area contributed by atoms with Gasteiger partial charge in [-0.25, -0.2) is 0 Å². The highest BCUT2D eigenvalue weighted by molar-refractivity contribution is 5.69. The van der Waals surface area contributed by atoms with Gasteiger partial charge in [0.1, 0.15) is 0 Å². The van der Waals surface area contributed by atoms with E-state index in [2.05, 4.69) is 0 Å². The Morgan fingerprint density at radius 2 is 2.14 bits per heavy atom. The Kier molecular flexibility index (Phi) is 4.94. The number of ether oxygens (including phenoxy) is 1. The van der Waals surface area contributed by atoms with Crippen LogP contribution in [0, 0.1) is 11.8 Å². The van der Waals surface area contributed by atoms with E-state index in [4.69, 9.17) is 9.84 Å². The molecule has 82 valence electrons. The van der Waals surface area contributed by atoms with Crippen molar-refractivity contribution in [2.24, 2.45) is 11.8 Å². The van der Waals surface area contributed by atoms with Crippen molar-refractivity contribution < 1.29 is 14.6 Å². The fourth-order valence-corrected chi connectivity index (χ4v) is 2.25. The smallest absolute Gasteiger partial charge is 0.306 e. The summed E-state index contributed by atoms with van der Waals surface area (Å²) in [5, 5.41) is 9.00. The lowest BCUT2D eigenvalue weighted by Crippen LogP contribution is -2.18. The average Bonchev–Trinajstić information content (AvgIpc) is 2.64. The second-order valence-electron chi connectivity index (χ2n) is 4.20. The molecule has 0 heterocycles. The number of aliphatic carboxylic acids is 1. The summed E-state index contributed by atoms with van der Waals surface area (Å²) in [6.45, 7) is 0.559. The van der Waals surface area contributed by atoms with Crippen molar-refractivity contribution >= 4 is 5.97 Å². The van der Waals surface area contributed by atoms with Crippen LogP contribution in [-0.2, 0) is 9.53 Å². The molecule has 0 aromatic heterocycles. The summed E-state index contributed by atoms with van der Waals surface area (Å²) in [5.41, 5.74) is 0. The lowest BCUT2D eigenvalue weighted by atomic mass is 9.91. The zero-order valence-corrected chi connectivity index (χ0v) is 8.87. The Morgan fingerprint density at radius 1 is 1.50 bits per heavy atom. The first kappa shape index (κ1) is 11.5. The zero-order chi connectivity index (χ0) is 10.4. The summed E-state index contributed by atoms with van der Waals surface area (Å²) < 4.78 is 4.92. The predicted molar refractivity (Wildman–Crippen MR) is 54.2 cm³/mol. The highest BCUT2D eigenvalue weighted by Crippen LogP contribution is 2.31. The largest absolute Gasteiger partial charge is 0.481 e. The van der Waals surface area contributed by atoms with Crippen molar-refractivity contribution in [3.05, 3.63) is 0 Å². The summed E-state index contributed by atoms with van der Waals surface area (Å²) in [5.74, 6) is -0.208. The minimum atomic E-state index is -0.658. The highest BCUT2D eigenvalue weighted by atomic mass is 16.5.